The van der Waals surface area contributed by atoms with E-state index in [1.54, 1.807) is 42.5 Å². The molecule has 1 aliphatic rings. The molecule has 5 rings (SSSR count). The lowest BCUT2D eigenvalue weighted by Gasteiger charge is -2.19. The summed E-state index contributed by atoms with van der Waals surface area (Å²) in [5.74, 6) is 1.20. The Hall–Kier alpha value is -3.56. The Labute approximate surface area is 189 Å². The van der Waals surface area contributed by atoms with Crippen molar-refractivity contribution in [3.63, 3.8) is 0 Å². The van der Waals surface area contributed by atoms with Gasteiger partial charge in [-0.15, -0.1) is 0 Å². The fourth-order valence-corrected chi connectivity index (χ4v) is 4.36. The lowest BCUT2D eigenvalue weighted by Crippen LogP contribution is -2.18. The Balaban J connectivity index is 1.54. The van der Waals surface area contributed by atoms with Gasteiger partial charge in [0.1, 0.15) is 13.2 Å². The van der Waals surface area contributed by atoms with Crippen LogP contribution >= 0.6 is 11.6 Å². The Kier molecular flexibility index (Phi) is 5.20. The summed E-state index contributed by atoms with van der Waals surface area (Å²) in [5, 5.41) is 3.70. The summed E-state index contributed by atoms with van der Waals surface area (Å²) in [5.41, 5.74) is 1.85. The number of para-hydroxylation sites is 2. The molecule has 1 aliphatic heterocycles. The van der Waals surface area contributed by atoms with Gasteiger partial charge in [-0.1, -0.05) is 23.7 Å². The second-order valence-electron chi connectivity index (χ2n) is 6.95. The zero-order valence-electron chi connectivity index (χ0n) is 16.6. The van der Waals surface area contributed by atoms with E-state index in [4.69, 9.17) is 21.1 Å². The van der Waals surface area contributed by atoms with Crippen LogP contribution in [0.3, 0.4) is 0 Å². The number of nitrogens with zero attached hydrogens (tertiary/aromatic N) is 2. The second kappa shape index (κ2) is 8.18. The summed E-state index contributed by atoms with van der Waals surface area (Å²) in [6.45, 7) is 0.777. The number of benzene rings is 3. The Bertz CT molecular complexity index is 1410. The van der Waals surface area contributed by atoms with Crippen LogP contribution in [0.2, 0.25) is 5.02 Å². The maximum atomic E-state index is 13.2. The molecular weight excluding hydrogens is 452 g/mol. The molecule has 4 aromatic rings. The van der Waals surface area contributed by atoms with Crippen molar-refractivity contribution < 1.29 is 17.9 Å². The molecule has 8 nitrogen and oxygen atoms in total. The van der Waals surface area contributed by atoms with Gasteiger partial charge in [-0.05, 0) is 48.5 Å². The highest BCUT2D eigenvalue weighted by Crippen LogP contribution is 2.33. The zero-order valence-corrected chi connectivity index (χ0v) is 18.2. The van der Waals surface area contributed by atoms with Crippen LogP contribution in [0.25, 0.3) is 11.0 Å². The molecular formula is C22H17ClN4O4S. The Morgan fingerprint density at radius 3 is 2.19 bits per heavy atom. The lowest BCUT2D eigenvalue weighted by atomic mass is 10.3. The number of rotatable bonds is 5. The van der Waals surface area contributed by atoms with Crippen molar-refractivity contribution in [3.05, 3.63) is 71.8 Å². The molecule has 0 amide bonds. The summed E-state index contributed by atoms with van der Waals surface area (Å²) < 4.78 is 39.8. The van der Waals surface area contributed by atoms with Gasteiger partial charge in [0.05, 0.1) is 15.9 Å². The number of nitrogens with one attached hydrogen (secondary N) is 2. The number of hydrogen-bond donors (Lipinski definition) is 2. The van der Waals surface area contributed by atoms with Gasteiger partial charge in [0, 0.05) is 16.8 Å². The van der Waals surface area contributed by atoms with E-state index in [0.717, 1.165) is 0 Å². The van der Waals surface area contributed by atoms with Crippen LogP contribution in [0.1, 0.15) is 0 Å². The van der Waals surface area contributed by atoms with Gasteiger partial charge in [0.2, 0.25) is 0 Å². The van der Waals surface area contributed by atoms with Crippen LogP contribution < -0.4 is 19.5 Å². The van der Waals surface area contributed by atoms with Crippen molar-refractivity contribution in [1.82, 2.24) is 9.97 Å². The van der Waals surface area contributed by atoms with Crippen molar-refractivity contribution in [2.24, 2.45) is 0 Å². The fraction of sp³-hybridized carbons (Fsp3) is 0.0909. The Morgan fingerprint density at radius 1 is 0.812 bits per heavy atom. The van der Waals surface area contributed by atoms with Gasteiger partial charge in [-0.25, -0.2) is 18.4 Å². The zero-order chi connectivity index (χ0) is 22.1. The average Bonchev–Trinajstić information content (AvgIpc) is 2.80. The molecule has 0 radical (unpaired) electrons. The largest absolute Gasteiger partial charge is 0.486 e. The van der Waals surface area contributed by atoms with Gasteiger partial charge in [0.15, 0.2) is 23.1 Å². The second-order valence-corrected chi connectivity index (χ2v) is 9.07. The molecule has 0 atom stereocenters. The number of ether oxygens (including phenoxy) is 2. The first-order valence-corrected chi connectivity index (χ1v) is 11.6. The molecule has 0 aliphatic carbocycles. The quantitative estimate of drug-likeness (QED) is 0.441. The Morgan fingerprint density at radius 2 is 1.47 bits per heavy atom. The molecule has 2 N–H and O–H groups in total. The van der Waals surface area contributed by atoms with Gasteiger partial charge >= 0.3 is 0 Å². The highest BCUT2D eigenvalue weighted by molar-refractivity contribution is 7.92. The van der Waals surface area contributed by atoms with Crippen LogP contribution in [-0.2, 0) is 10.0 Å². The van der Waals surface area contributed by atoms with Crippen molar-refractivity contribution in [3.8, 4) is 11.5 Å². The minimum absolute atomic E-state index is 0.0224. The normalized spacial score (nSPS) is 13.0. The summed E-state index contributed by atoms with van der Waals surface area (Å²) >= 11 is 5.96. The first-order chi connectivity index (χ1) is 15.5. The third-order valence-electron chi connectivity index (χ3n) is 4.73. The highest BCUT2D eigenvalue weighted by atomic mass is 35.5. The van der Waals surface area contributed by atoms with Crippen LogP contribution in [0.4, 0.5) is 17.3 Å². The first-order valence-electron chi connectivity index (χ1n) is 9.70. The first kappa shape index (κ1) is 20.3. The van der Waals surface area contributed by atoms with Crippen LogP contribution in [0.5, 0.6) is 11.5 Å². The molecule has 3 aromatic carbocycles. The van der Waals surface area contributed by atoms with E-state index in [1.807, 2.05) is 12.1 Å². The third kappa shape index (κ3) is 4.12. The van der Waals surface area contributed by atoms with E-state index in [2.05, 4.69) is 20.0 Å². The average molecular weight is 469 g/mol. The van der Waals surface area contributed by atoms with Gasteiger partial charge < -0.3 is 14.8 Å². The number of anilines is 3. The lowest BCUT2D eigenvalue weighted by molar-refractivity contribution is 0.171. The number of halogens is 1. The fourth-order valence-electron chi connectivity index (χ4n) is 3.21. The van der Waals surface area contributed by atoms with Crippen molar-refractivity contribution in [2.45, 2.75) is 4.90 Å². The monoisotopic (exact) mass is 468 g/mol. The summed E-state index contributed by atoms with van der Waals surface area (Å²) in [6, 6.07) is 18.6. The smallest absolute Gasteiger partial charge is 0.263 e. The van der Waals surface area contributed by atoms with E-state index in [9.17, 15) is 8.42 Å². The number of sulfonamides is 1. The molecule has 2 heterocycles. The molecule has 1 aromatic heterocycles. The van der Waals surface area contributed by atoms with Crippen molar-refractivity contribution in [2.75, 3.05) is 23.3 Å². The summed E-state index contributed by atoms with van der Waals surface area (Å²) in [6.07, 6.45) is 0. The van der Waals surface area contributed by atoms with E-state index < -0.39 is 10.0 Å². The molecule has 32 heavy (non-hydrogen) atoms. The van der Waals surface area contributed by atoms with Crippen molar-refractivity contribution in [1.29, 1.82) is 0 Å². The molecule has 0 fully saturated rings. The standard InChI is InChI=1S/C22H17ClN4O4S/c23-14-5-7-15(8-6-14)24-21-22(26-18-4-2-1-3-17(18)25-21)27-32(28,29)16-9-10-19-20(13-16)31-12-11-30-19/h1-10,13H,11-12H2,(H,24,25)(H,26,27). The number of aromatic nitrogens is 2. The predicted octanol–water partition coefficient (Wildman–Crippen LogP) is 4.60. The topological polar surface area (TPSA) is 102 Å². The maximum Gasteiger partial charge on any atom is 0.263 e. The van der Waals surface area contributed by atoms with E-state index in [0.29, 0.717) is 46.5 Å². The number of fused-ring (bicyclic) bond motifs is 2. The molecule has 0 bridgehead atoms. The minimum atomic E-state index is -3.99. The van der Waals surface area contributed by atoms with Gasteiger partial charge in [-0.2, -0.15) is 0 Å². The van der Waals surface area contributed by atoms with Crippen LogP contribution in [0.15, 0.2) is 71.6 Å². The molecule has 10 heteroatoms. The summed E-state index contributed by atoms with van der Waals surface area (Å²) in [4.78, 5) is 9.07. The van der Waals surface area contributed by atoms with E-state index in [-0.39, 0.29) is 16.5 Å². The predicted molar refractivity (Wildman–Crippen MR) is 123 cm³/mol. The molecule has 0 saturated heterocycles. The van der Waals surface area contributed by atoms with E-state index in [1.165, 1.54) is 12.1 Å². The summed E-state index contributed by atoms with van der Waals surface area (Å²) in [7, 11) is -3.99. The van der Waals surface area contributed by atoms with Crippen LogP contribution in [-0.4, -0.2) is 31.6 Å². The van der Waals surface area contributed by atoms with Crippen molar-refractivity contribution >= 4 is 50.0 Å². The molecule has 162 valence electrons. The highest BCUT2D eigenvalue weighted by Gasteiger charge is 2.22. The minimum Gasteiger partial charge on any atom is -0.486 e. The van der Waals surface area contributed by atoms with Gasteiger partial charge in [-0.3, -0.25) is 4.72 Å². The SMILES string of the molecule is O=S(=O)(Nc1nc2ccccc2nc1Nc1ccc(Cl)cc1)c1ccc2c(c1)OCCO2. The van der Waals surface area contributed by atoms with E-state index >= 15 is 0 Å². The molecule has 0 unspecified atom stereocenters. The molecule has 0 spiro atoms. The third-order valence-corrected chi connectivity index (χ3v) is 6.32. The number of hydrogen-bond acceptors (Lipinski definition) is 7. The van der Waals surface area contributed by atoms with Crippen LogP contribution in [0, 0.1) is 0 Å². The van der Waals surface area contributed by atoms with Gasteiger partial charge in [0.25, 0.3) is 10.0 Å². The molecule has 0 saturated carbocycles. The maximum absolute atomic E-state index is 13.2.